The van der Waals surface area contributed by atoms with Gasteiger partial charge in [0.15, 0.2) is 0 Å². The van der Waals surface area contributed by atoms with Crippen LogP contribution in [-0.4, -0.2) is 57.2 Å². The normalized spacial score (nSPS) is 25.8. The Hall–Kier alpha value is -3.49. The number of urea groups is 1. The highest BCUT2D eigenvalue weighted by Gasteiger charge is 2.62. The van der Waals surface area contributed by atoms with Crippen LogP contribution in [0.5, 0.6) is 0 Å². The van der Waals surface area contributed by atoms with Gasteiger partial charge in [0.2, 0.25) is 5.91 Å². The second kappa shape index (κ2) is 5.51. The summed E-state index contributed by atoms with van der Waals surface area (Å²) in [5, 5.41) is 12.2. The summed E-state index contributed by atoms with van der Waals surface area (Å²) >= 11 is 0. The Balaban J connectivity index is 1.62. The second-order valence-electron chi connectivity index (χ2n) is 7.34. The van der Waals surface area contributed by atoms with Crippen LogP contribution in [0.3, 0.4) is 0 Å². The van der Waals surface area contributed by atoms with Gasteiger partial charge in [0.1, 0.15) is 6.04 Å². The molecule has 0 unspecified atom stereocenters. The van der Waals surface area contributed by atoms with E-state index in [9.17, 15) is 24.5 Å². The van der Waals surface area contributed by atoms with Crippen LogP contribution in [0.15, 0.2) is 36.4 Å². The van der Waals surface area contributed by atoms with Gasteiger partial charge >= 0.3 is 6.03 Å². The molecule has 3 heterocycles. The van der Waals surface area contributed by atoms with Gasteiger partial charge in [0, 0.05) is 24.9 Å². The van der Waals surface area contributed by atoms with E-state index in [0.717, 1.165) is 4.90 Å². The van der Waals surface area contributed by atoms with Crippen molar-refractivity contribution >= 4 is 40.0 Å². The van der Waals surface area contributed by atoms with Gasteiger partial charge in [-0.1, -0.05) is 18.2 Å². The number of fused-ring (bicyclic) bond motifs is 6. The maximum Gasteiger partial charge on any atom is 0.332 e. The molecule has 0 aliphatic carbocycles. The average molecular weight is 380 g/mol. The SMILES string of the molecule is CC(=O)N1C[C@@H]2C[C@H]1[C@@H]1C(=O)N(c3ccc([N+](=O)[O-])c4ccccc34)C(=O)N21. The number of benzene rings is 2. The minimum Gasteiger partial charge on any atom is -0.335 e. The van der Waals surface area contributed by atoms with E-state index in [1.54, 1.807) is 34.1 Å². The lowest BCUT2D eigenvalue weighted by atomic mass is 10.0. The molecule has 2 aromatic rings. The lowest BCUT2D eigenvalue weighted by Gasteiger charge is -2.34. The highest BCUT2D eigenvalue weighted by molar-refractivity contribution is 6.25. The van der Waals surface area contributed by atoms with Crippen LogP contribution in [0.1, 0.15) is 13.3 Å². The van der Waals surface area contributed by atoms with Crippen LogP contribution in [0.4, 0.5) is 16.2 Å². The Morgan fingerprint density at radius 2 is 1.86 bits per heavy atom. The van der Waals surface area contributed by atoms with E-state index in [1.807, 2.05) is 0 Å². The zero-order valence-electron chi connectivity index (χ0n) is 14.9. The Labute approximate surface area is 159 Å². The molecule has 0 saturated carbocycles. The average Bonchev–Trinajstić information content (AvgIpc) is 3.33. The summed E-state index contributed by atoms with van der Waals surface area (Å²) in [5.41, 5.74) is 0.251. The molecule has 2 aromatic carbocycles. The number of carbonyl (C=O) groups is 3. The minimum atomic E-state index is -0.691. The number of nitrogens with zero attached hydrogens (tertiary/aromatic N) is 4. The third-order valence-corrected chi connectivity index (χ3v) is 5.98. The fraction of sp³-hybridized carbons (Fsp3) is 0.316. The number of nitro groups is 1. The van der Waals surface area contributed by atoms with Gasteiger partial charge in [-0.05, 0) is 18.6 Å². The van der Waals surface area contributed by atoms with Crippen LogP contribution in [-0.2, 0) is 9.59 Å². The first-order valence-electron chi connectivity index (χ1n) is 8.99. The molecule has 9 heteroatoms. The molecule has 3 saturated heterocycles. The summed E-state index contributed by atoms with van der Waals surface area (Å²) in [6.07, 6.45) is 0.608. The van der Waals surface area contributed by atoms with Gasteiger partial charge in [0.05, 0.1) is 28.1 Å². The van der Waals surface area contributed by atoms with Gasteiger partial charge < -0.3 is 9.80 Å². The summed E-state index contributed by atoms with van der Waals surface area (Å²) in [7, 11) is 0. The Kier molecular flexibility index (Phi) is 3.28. The number of likely N-dealkylation sites (tertiary alicyclic amines) is 1. The first-order chi connectivity index (χ1) is 13.4. The Morgan fingerprint density at radius 1 is 1.14 bits per heavy atom. The first kappa shape index (κ1) is 16.7. The lowest BCUT2D eigenvalue weighted by Crippen LogP contribution is -2.54. The van der Waals surface area contributed by atoms with Crippen molar-refractivity contribution in [3.63, 3.8) is 0 Å². The molecule has 142 valence electrons. The third kappa shape index (κ3) is 1.98. The fourth-order valence-corrected chi connectivity index (χ4v) is 4.86. The van der Waals surface area contributed by atoms with Crippen LogP contribution >= 0.6 is 0 Å². The zero-order chi connectivity index (χ0) is 19.7. The van der Waals surface area contributed by atoms with Crippen molar-refractivity contribution in [1.82, 2.24) is 9.80 Å². The van der Waals surface area contributed by atoms with E-state index in [2.05, 4.69) is 0 Å². The van der Waals surface area contributed by atoms with Crippen molar-refractivity contribution in [2.45, 2.75) is 31.5 Å². The van der Waals surface area contributed by atoms with Gasteiger partial charge in [-0.15, -0.1) is 0 Å². The van der Waals surface area contributed by atoms with Gasteiger partial charge in [-0.2, -0.15) is 0 Å². The molecule has 0 radical (unpaired) electrons. The number of nitro benzene ring substituents is 1. The van der Waals surface area contributed by atoms with Crippen LogP contribution in [0, 0.1) is 10.1 Å². The first-order valence-corrected chi connectivity index (χ1v) is 8.99. The highest BCUT2D eigenvalue weighted by Crippen LogP contribution is 2.44. The van der Waals surface area contributed by atoms with Crippen LogP contribution in [0.2, 0.25) is 0 Å². The molecule has 9 nitrogen and oxygen atoms in total. The van der Waals surface area contributed by atoms with Crippen molar-refractivity contribution in [3.8, 4) is 0 Å². The largest absolute Gasteiger partial charge is 0.335 e. The number of anilines is 1. The van der Waals surface area contributed by atoms with E-state index in [0.29, 0.717) is 29.4 Å². The van der Waals surface area contributed by atoms with Crippen molar-refractivity contribution in [2.75, 3.05) is 11.4 Å². The summed E-state index contributed by atoms with van der Waals surface area (Å²) in [6.45, 7) is 1.90. The predicted octanol–water partition coefficient (Wildman–Crippen LogP) is 1.89. The maximum absolute atomic E-state index is 13.2. The summed E-state index contributed by atoms with van der Waals surface area (Å²) < 4.78 is 0. The number of imide groups is 1. The molecule has 0 aromatic heterocycles. The van der Waals surface area contributed by atoms with E-state index >= 15 is 0 Å². The Bertz CT molecular complexity index is 1080. The number of rotatable bonds is 2. The monoisotopic (exact) mass is 380 g/mol. The molecule has 3 fully saturated rings. The zero-order valence-corrected chi connectivity index (χ0v) is 14.9. The van der Waals surface area contributed by atoms with Gasteiger partial charge in [-0.25, -0.2) is 9.69 Å². The lowest BCUT2D eigenvalue weighted by molar-refractivity contribution is -0.383. The topological polar surface area (TPSA) is 104 Å². The molecule has 2 bridgehead atoms. The highest BCUT2D eigenvalue weighted by atomic mass is 16.6. The number of hydrogen-bond donors (Lipinski definition) is 0. The van der Waals surface area contributed by atoms with Crippen molar-refractivity contribution in [2.24, 2.45) is 0 Å². The molecule has 0 N–H and O–H groups in total. The number of amides is 4. The van der Waals surface area contributed by atoms with Crippen LogP contribution in [0.25, 0.3) is 10.8 Å². The molecular formula is C19H16N4O5. The second-order valence-corrected chi connectivity index (χ2v) is 7.34. The molecular weight excluding hydrogens is 364 g/mol. The van der Waals surface area contributed by atoms with Gasteiger partial charge in [-0.3, -0.25) is 19.7 Å². The summed E-state index contributed by atoms with van der Waals surface area (Å²) in [4.78, 5) is 53.4. The van der Waals surface area contributed by atoms with Crippen molar-refractivity contribution in [3.05, 3.63) is 46.5 Å². The maximum atomic E-state index is 13.2. The molecule has 5 rings (SSSR count). The van der Waals surface area contributed by atoms with Crippen LogP contribution < -0.4 is 4.90 Å². The number of non-ortho nitro benzene ring substituents is 1. The van der Waals surface area contributed by atoms with E-state index in [-0.39, 0.29) is 29.6 Å². The number of hydrogen-bond acceptors (Lipinski definition) is 5. The summed E-state index contributed by atoms with van der Waals surface area (Å²) in [6, 6.07) is 7.81. The number of piperazine rings is 1. The van der Waals surface area contributed by atoms with Gasteiger partial charge in [0.25, 0.3) is 11.6 Å². The fourth-order valence-electron chi connectivity index (χ4n) is 4.86. The smallest absolute Gasteiger partial charge is 0.332 e. The molecule has 4 amide bonds. The predicted molar refractivity (Wildman–Crippen MR) is 98.7 cm³/mol. The molecule has 3 aliphatic rings. The minimum absolute atomic E-state index is 0.0817. The molecule has 3 aliphatic heterocycles. The van der Waals surface area contributed by atoms with E-state index in [1.165, 1.54) is 19.1 Å². The quantitative estimate of drug-likeness (QED) is 0.450. The van der Waals surface area contributed by atoms with E-state index in [4.69, 9.17) is 0 Å². The third-order valence-electron chi connectivity index (χ3n) is 5.98. The Morgan fingerprint density at radius 3 is 2.54 bits per heavy atom. The molecule has 3 atom stereocenters. The standard InChI is InChI=1S/C19H16N4O5/c1-10(24)20-9-11-8-16(20)17-18(25)22(19(26)21(11)17)14-6-7-15(23(27)28)13-5-3-2-4-12(13)14/h2-7,11,16-17H,8-9H2,1H3/t11-,16-,17+/m0/s1. The van der Waals surface area contributed by atoms with Crippen molar-refractivity contribution in [1.29, 1.82) is 0 Å². The number of carbonyl (C=O) groups excluding carboxylic acids is 3. The summed E-state index contributed by atoms with van der Waals surface area (Å²) in [5.74, 6) is -0.492. The van der Waals surface area contributed by atoms with E-state index < -0.39 is 17.0 Å². The van der Waals surface area contributed by atoms with Crippen molar-refractivity contribution < 1.29 is 19.3 Å². The molecule has 0 spiro atoms. The molecule has 28 heavy (non-hydrogen) atoms.